The summed E-state index contributed by atoms with van der Waals surface area (Å²) in [5.74, 6) is -0.0900. The van der Waals surface area contributed by atoms with Crippen molar-refractivity contribution in [2.45, 2.75) is 6.04 Å². The van der Waals surface area contributed by atoms with Gasteiger partial charge in [-0.05, 0) is 58.5 Å². The van der Waals surface area contributed by atoms with Crippen LogP contribution in [0.5, 0.6) is 0 Å². The first-order valence-electron chi connectivity index (χ1n) is 5.88. The van der Waals surface area contributed by atoms with E-state index < -0.39 is 0 Å². The lowest BCUT2D eigenvalue weighted by Gasteiger charge is -2.23. The standard InChI is InChI=1S/C13H16BrN3OS/c1-17(2)12(9-3-4-19-8-9)7-16-13(18)11-5-10(14)6-15-11/h3-6,8,12,15H,7H2,1-2H3,(H,16,18)/t12-/m1/s1. The summed E-state index contributed by atoms with van der Waals surface area (Å²) >= 11 is 4.98. The highest BCUT2D eigenvalue weighted by Crippen LogP contribution is 2.20. The largest absolute Gasteiger partial charge is 0.356 e. The van der Waals surface area contributed by atoms with Crippen molar-refractivity contribution in [1.82, 2.24) is 15.2 Å². The summed E-state index contributed by atoms with van der Waals surface area (Å²) in [6.45, 7) is 0.583. The van der Waals surface area contributed by atoms with E-state index in [1.54, 1.807) is 23.6 Å². The molecule has 0 spiro atoms. The van der Waals surface area contributed by atoms with Crippen LogP contribution in [0.15, 0.2) is 33.6 Å². The zero-order chi connectivity index (χ0) is 13.8. The Morgan fingerprint density at radius 1 is 1.58 bits per heavy atom. The van der Waals surface area contributed by atoms with E-state index in [1.807, 2.05) is 14.1 Å². The molecular weight excluding hydrogens is 326 g/mol. The summed E-state index contributed by atoms with van der Waals surface area (Å²) in [4.78, 5) is 17.0. The normalized spacial score (nSPS) is 12.6. The Hall–Kier alpha value is -1.11. The molecular formula is C13H16BrN3OS. The third-order valence-electron chi connectivity index (χ3n) is 2.90. The van der Waals surface area contributed by atoms with Crippen LogP contribution < -0.4 is 5.32 Å². The number of hydrogen-bond acceptors (Lipinski definition) is 3. The average molecular weight is 342 g/mol. The van der Waals surface area contributed by atoms with Crippen molar-refractivity contribution in [2.24, 2.45) is 0 Å². The molecule has 0 unspecified atom stereocenters. The van der Waals surface area contributed by atoms with Crippen LogP contribution in [0.25, 0.3) is 0 Å². The number of likely N-dealkylation sites (N-methyl/N-ethyl adjacent to an activating group) is 1. The first-order valence-corrected chi connectivity index (χ1v) is 7.62. The number of thiophene rings is 1. The summed E-state index contributed by atoms with van der Waals surface area (Å²) in [5.41, 5.74) is 1.79. The highest BCUT2D eigenvalue weighted by Gasteiger charge is 2.16. The maximum Gasteiger partial charge on any atom is 0.267 e. The molecule has 0 aliphatic rings. The van der Waals surface area contributed by atoms with Crippen LogP contribution in [0.3, 0.4) is 0 Å². The minimum absolute atomic E-state index is 0.0900. The first kappa shape index (κ1) is 14.3. The minimum Gasteiger partial charge on any atom is -0.356 e. The van der Waals surface area contributed by atoms with Gasteiger partial charge in [-0.15, -0.1) is 0 Å². The Morgan fingerprint density at radius 2 is 2.37 bits per heavy atom. The summed E-state index contributed by atoms with van der Waals surface area (Å²) in [6.07, 6.45) is 1.75. The number of hydrogen-bond donors (Lipinski definition) is 2. The summed E-state index contributed by atoms with van der Waals surface area (Å²) in [5, 5.41) is 7.12. The van der Waals surface area contributed by atoms with Crippen LogP contribution in [0, 0.1) is 0 Å². The van der Waals surface area contributed by atoms with E-state index in [9.17, 15) is 4.79 Å². The van der Waals surface area contributed by atoms with E-state index in [0.29, 0.717) is 12.2 Å². The van der Waals surface area contributed by atoms with Gasteiger partial charge in [-0.3, -0.25) is 4.79 Å². The number of aromatic nitrogens is 1. The molecule has 0 aromatic carbocycles. The number of amides is 1. The van der Waals surface area contributed by atoms with Crippen LogP contribution in [0.4, 0.5) is 0 Å². The smallest absolute Gasteiger partial charge is 0.267 e. The molecule has 2 heterocycles. The number of aromatic amines is 1. The highest BCUT2D eigenvalue weighted by molar-refractivity contribution is 9.10. The molecule has 19 heavy (non-hydrogen) atoms. The molecule has 0 bridgehead atoms. The fourth-order valence-corrected chi connectivity index (χ4v) is 2.90. The molecule has 1 atom stereocenters. The second kappa shape index (κ2) is 6.36. The average Bonchev–Trinajstić information content (AvgIpc) is 3.00. The van der Waals surface area contributed by atoms with Crippen molar-refractivity contribution in [3.8, 4) is 0 Å². The van der Waals surface area contributed by atoms with Crippen LogP contribution in [0.1, 0.15) is 22.1 Å². The Kier molecular flexibility index (Phi) is 4.79. The number of nitrogens with one attached hydrogen (secondary N) is 2. The molecule has 0 saturated carbocycles. The SMILES string of the molecule is CN(C)[C@H](CNC(=O)c1cc(Br)c[nH]1)c1ccsc1. The third kappa shape index (κ3) is 3.68. The molecule has 0 radical (unpaired) electrons. The second-order valence-corrected chi connectivity index (χ2v) is 6.17. The van der Waals surface area contributed by atoms with E-state index in [4.69, 9.17) is 0 Å². The second-order valence-electron chi connectivity index (χ2n) is 4.48. The van der Waals surface area contributed by atoms with Gasteiger partial charge < -0.3 is 15.2 Å². The lowest BCUT2D eigenvalue weighted by atomic mass is 10.1. The van der Waals surface area contributed by atoms with E-state index in [-0.39, 0.29) is 11.9 Å². The van der Waals surface area contributed by atoms with Crippen molar-refractivity contribution >= 4 is 33.2 Å². The van der Waals surface area contributed by atoms with Gasteiger partial charge in [0.1, 0.15) is 5.69 Å². The van der Waals surface area contributed by atoms with Crippen LogP contribution in [-0.2, 0) is 0 Å². The molecule has 102 valence electrons. The molecule has 2 aromatic rings. The lowest BCUT2D eigenvalue weighted by Crippen LogP contribution is -2.34. The minimum atomic E-state index is -0.0900. The van der Waals surface area contributed by atoms with E-state index in [0.717, 1.165) is 4.47 Å². The summed E-state index contributed by atoms with van der Waals surface area (Å²) in [7, 11) is 4.03. The van der Waals surface area contributed by atoms with Crippen molar-refractivity contribution in [3.05, 3.63) is 44.8 Å². The van der Waals surface area contributed by atoms with Gasteiger partial charge >= 0.3 is 0 Å². The predicted molar refractivity (Wildman–Crippen MR) is 81.6 cm³/mol. The number of carbonyl (C=O) groups excluding carboxylic acids is 1. The fourth-order valence-electron chi connectivity index (χ4n) is 1.85. The van der Waals surface area contributed by atoms with Gasteiger partial charge in [-0.2, -0.15) is 11.3 Å². The number of rotatable bonds is 5. The van der Waals surface area contributed by atoms with E-state index in [1.165, 1.54) is 5.56 Å². The maximum atomic E-state index is 12.0. The van der Waals surface area contributed by atoms with Crippen LogP contribution in [0.2, 0.25) is 0 Å². The molecule has 0 aliphatic carbocycles. The molecule has 6 heteroatoms. The van der Waals surface area contributed by atoms with Gasteiger partial charge in [0.05, 0.1) is 6.04 Å². The zero-order valence-corrected chi connectivity index (χ0v) is 13.2. The number of nitrogens with zero attached hydrogens (tertiary/aromatic N) is 1. The van der Waals surface area contributed by atoms with Crippen molar-refractivity contribution in [3.63, 3.8) is 0 Å². The van der Waals surface area contributed by atoms with Gasteiger partial charge in [-0.25, -0.2) is 0 Å². The lowest BCUT2D eigenvalue weighted by molar-refractivity contribution is 0.0937. The number of carbonyl (C=O) groups is 1. The van der Waals surface area contributed by atoms with Gasteiger partial charge in [-0.1, -0.05) is 0 Å². The molecule has 2 aromatic heterocycles. The third-order valence-corrected chi connectivity index (χ3v) is 4.06. The maximum absolute atomic E-state index is 12.0. The van der Waals surface area contributed by atoms with Crippen molar-refractivity contribution < 1.29 is 4.79 Å². The number of halogens is 1. The Bertz CT molecular complexity index is 536. The topological polar surface area (TPSA) is 48.1 Å². The molecule has 1 amide bonds. The van der Waals surface area contributed by atoms with E-state index in [2.05, 4.69) is 48.0 Å². The number of H-pyrrole nitrogens is 1. The van der Waals surface area contributed by atoms with Gasteiger partial charge in [0.25, 0.3) is 5.91 Å². The highest BCUT2D eigenvalue weighted by atomic mass is 79.9. The Balaban J connectivity index is 1.98. The fraction of sp³-hybridized carbons (Fsp3) is 0.308. The van der Waals surface area contributed by atoms with Crippen LogP contribution in [-0.4, -0.2) is 36.4 Å². The monoisotopic (exact) mass is 341 g/mol. The Morgan fingerprint density at radius 3 is 2.89 bits per heavy atom. The van der Waals surface area contributed by atoms with Gasteiger partial charge in [0.2, 0.25) is 0 Å². The first-order chi connectivity index (χ1) is 9.08. The van der Waals surface area contributed by atoms with Crippen LogP contribution >= 0.6 is 27.3 Å². The summed E-state index contributed by atoms with van der Waals surface area (Å²) < 4.78 is 0.875. The van der Waals surface area contributed by atoms with Crippen molar-refractivity contribution in [2.75, 3.05) is 20.6 Å². The zero-order valence-electron chi connectivity index (χ0n) is 10.8. The summed E-state index contributed by atoms with van der Waals surface area (Å²) in [6, 6.07) is 4.05. The van der Waals surface area contributed by atoms with E-state index >= 15 is 0 Å². The van der Waals surface area contributed by atoms with Gasteiger partial charge in [0.15, 0.2) is 0 Å². The quantitative estimate of drug-likeness (QED) is 0.878. The predicted octanol–water partition coefficient (Wildman–Crippen LogP) is 2.87. The molecule has 2 N–H and O–H groups in total. The molecule has 0 fully saturated rings. The van der Waals surface area contributed by atoms with Crippen molar-refractivity contribution in [1.29, 1.82) is 0 Å². The van der Waals surface area contributed by atoms with Gasteiger partial charge in [0, 0.05) is 17.2 Å². The molecule has 4 nitrogen and oxygen atoms in total. The molecule has 0 saturated heterocycles. The Labute approximate surface area is 125 Å². The molecule has 0 aliphatic heterocycles. The molecule has 2 rings (SSSR count).